The monoisotopic (exact) mass is 411 g/mol. The van der Waals surface area contributed by atoms with Gasteiger partial charge in [-0.15, -0.1) is 0 Å². The largest absolute Gasteiger partial charge is 0.496 e. The highest BCUT2D eigenvalue weighted by molar-refractivity contribution is 5.97. The molecule has 5 heteroatoms. The molecule has 1 heterocycles. The maximum Gasteiger partial charge on any atom is 0.255 e. The van der Waals surface area contributed by atoms with E-state index in [4.69, 9.17) is 9.72 Å². The van der Waals surface area contributed by atoms with E-state index in [1.165, 1.54) is 0 Å². The number of imidazole rings is 1. The highest BCUT2D eigenvalue weighted by Gasteiger charge is 2.20. The van der Waals surface area contributed by atoms with E-state index in [1.54, 1.807) is 19.2 Å². The smallest absolute Gasteiger partial charge is 0.255 e. The maximum absolute atomic E-state index is 12.9. The molecule has 0 radical (unpaired) electrons. The van der Waals surface area contributed by atoms with Crippen LogP contribution in [-0.2, 0) is 6.54 Å². The number of carbonyl (C=O) groups excluding carboxylic acids is 1. The summed E-state index contributed by atoms with van der Waals surface area (Å²) in [4.78, 5) is 17.7. The summed E-state index contributed by atoms with van der Waals surface area (Å²) in [5, 5.41) is 3.07. The standard InChI is InChI=1S/C26H25N3O2/c1-19(27-26(30)21-14-6-9-17-24(21)31-2)25-28-22-15-7-8-16-23(22)29(25)18-10-13-20-11-4-3-5-12-20/h3-17,19H,18H2,1-2H3,(H,27,30)/b13-10+. The van der Waals surface area contributed by atoms with Gasteiger partial charge in [-0.2, -0.15) is 0 Å². The number of allylic oxidation sites excluding steroid dienone is 1. The number of aromatic nitrogens is 2. The Bertz CT molecular complexity index is 1210. The molecule has 0 saturated carbocycles. The summed E-state index contributed by atoms with van der Waals surface area (Å²) >= 11 is 0. The number of rotatable bonds is 7. The summed E-state index contributed by atoms with van der Waals surface area (Å²) in [7, 11) is 1.56. The first-order valence-corrected chi connectivity index (χ1v) is 10.3. The molecule has 1 unspecified atom stereocenters. The molecule has 0 saturated heterocycles. The lowest BCUT2D eigenvalue weighted by Crippen LogP contribution is -2.29. The number of benzene rings is 3. The van der Waals surface area contributed by atoms with Crippen LogP contribution in [0.4, 0.5) is 0 Å². The number of carbonyl (C=O) groups is 1. The summed E-state index contributed by atoms with van der Waals surface area (Å²) < 4.78 is 7.47. The second-order valence-corrected chi connectivity index (χ2v) is 7.28. The van der Waals surface area contributed by atoms with Crippen molar-refractivity contribution < 1.29 is 9.53 Å². The molecule has 4 aromatic rings. The molecule has 0 aliphatic carbocycles. The van der Waals surface area contributed by atoms with E-state index in [0.29, 0.717) is 17.9 Å². The van der Waals surface area contributed by atoms with Crippen molar-refractivity contribution in [3.05, 3.63) is 102 Å². The molecule has 0 aliphatic heterocycles. The van der Waals surface area contributed by atoms with E-state index < -0.39 is 0 Å². The molecule has 156 valence electrons. The molecule has 0 fully saturated rings. The van der Waals surface area contributed by atoms with Gasteiger partial charge in [-0.3, -0.25) is 4.79 Å². The van der Waals surface area contributed by atoms with Crippen LogP contribution in [0.5, 0.6) is 5.75 Å². The molecule has 5 nitrogen and oxygen atoms in total. The molecule has 1 N–H and O–H groups in total. The van der Waals surface area contributed by atoms with Crippen molar-refractivity contribution in [2.75, 3.05) is 7.11 Å². The molecular weight excluding hydrogens is 386 g/mol. The Morgan fingerprint density at radius 2 is 1.74 bits per heavy atom. The van der Waals surface area contributed by atoms with Gasteiger partial charge in [-0.25, -0.2) is 4.98 Å². The van der Waals surface area contributed by atoms with E-state index in [0.717, 1.165) is 22.4 Å². The Morgan fingerprint density at radius 1 is 1.03 bits per heavy atom. The first-order valence-electron chi connectivity index (χ1n) is 10.3. The Kier molecular flexibility index (Phi) is 6.13. The number of ether oxygens (including phenoxy) is 1. The molecule has 4 rings (SSSR count). The van der Waals surface area contributed by atoms with Crippen molar-refractivity contribution >= 4 is 23.0 Å². The molecular formula is C26H25N3O2. The minimum Gasteiger partial charge on any atom is -0.496 e. The number of amides is 1. The van der Waals surface area contributed by atoms with Crippen LogP contribution in [0.3, 0.4) is 0 Å². The lowest BCUT2D eigenvalue weighted by atomic mass is 10.1. The van der Waals surface area contributed by atoms with Crippen LogP contribution in [0.25, 0.3) is 17.1 Å². The van der Waals surface area contributed by atoms with Crippen molar-refractivity contribution in [2.24, 2.45) is 0 Å². The van der Waals surface area contributed by atoms with E-state index in [9.17, 15) is 4.79 Å². The zero-order valence-electron chi connectivity index (χ0n) is 17.7. The molecule has 1 aromatic heterocycles. The van der Waals surface area contributed by atoms with Crippen molar-refractivity contribution in [1.82, 2.24) is 14.9 Å². The van der Waals surface area contributed by atoms with Crippen LogP contribution in [-0.4, -0.2) is 22.6 Å². The Balaban J connectivity index is 1.61. The number of methoxy groups -OCH3 is 1. The lowest BCUT2D eigenvalue weighted by molar-refractivity contribution is 0.0934. The fourth-order valence-corrected chi connectivity index (χ4v) is 3.65. The molecule has 0 aliphatic rings. The zero-order valence-corrected chi connectivity index (χ0v) is 17.7. The van der Waals surface area contributed by atoms with Gasteiger partial charge >= 0.3 is 0 Å². The van der Waals surface area contributed by atoms with Gasteiger partial charge in [0.05, 0.1) is 29.7 Å². The fourth-order valence-electron chi connectivity index (χ4n) is 3.65. The molecule has 0 spiro atoms. The van der Waals surface area contributed by atoms with Gasteiger partial charge in [0.2, 0.25) is 0 Å². The van der Waals surface area contributed by atoms with Gasteiger partial charge in [-0.1, -0.05) is 66.7 Å². The van der Waals surface area contributed by atoms with Crippen molar-refractivity contribution in [3.63, 3.8) is 0 Å². The molecule has 1 atom stereocenters. The van der Waals surface area contributed by atoms with Crippen LogP contribution >= 0.6 is 0 Å². The van der Waals surface area contributed by atoms with Crippen molar-refractivity contribution in [1.29, 1.82) is 0 Å². The third-order valence-corrected chi connectivity index (χ3v) is 5.17. The number of hydrogen-bond donors (Lipinski definition) is 1. The second kappa shape index (κ2) is 9.30. The van der Waals surface area contributed by atoms with E-state index in [2.05, 4.69) is 40.2 Å². The molecule has 1 amide bonds. The van der Waals surface area contributed by atoms with Crippen molar-refractivity contribution in [2.45, 2.75) is 19.5 Å². The first kappa shape index (κ1) is 20.4. The number of para-hydroxylation sites is 3. The minimum atomic E-state index is -0.282. The Hall–Kier alpha value is -3.86. The van der Waals surface area contributed by atoms with Gasteiger partial charge in [0.15, 0.2) is 0 Å². The lowest BCUT2D eigenvalue weighted by Gasteiger charge is -2.16. The zero-order chi connectivity index (χ0) is 21.6. The average molecular weight is 412 g/mol. The van der Waals surface area contributed by atoms with E-state index in [-0.39, 0.29) is 11.9 Å². The summed E-state index contributed by atoms with van der Waals surface area (Å²) in [5.74, 6) is 1.16. The summed E-state index contributed by atoms with van der Waals surface area (Å²) in [6.45, 7) is 2.60. The summed E-state index contributed by atoms with van der Waals surface area (Å²) in [6.07, 6.45) is 4.21. The van der Waals surface area contributed by atoms with Crippen LogP contribution in [0.15, 0.2) is 84.9 Å². The predicted octanol–water partition coefficient (Wildman–Crippen LogP) is 5.25. The van der Waals surface area contributed by atoms with Gasteiger partial charge in [-0.05, 0) is 36.8 Å². The highest BCUT2D eigenvalue weighted by Crippen LogP contribution is 2.23. The molecule has 31 heavy (non-hydrogen) atoms. The normalized spacial score (nSPS) is 12.2. The number of nitrogens with one attached hydrogen (secondary N) is 1. The topological polar surface area (TPSA) is 56.1 Å². The van der Waals surface area contributed by atoms with E-state index >= 15 is 0 Å². The third kappa shape index (κ3) is 4.51. The quantitative estimate of drug-likeness (QED) is 0.452. The maximum atomic E-state index is 12.9. The van der Waals surface area contributed by atoms with Crippen molar-refractivity contribution in [3.8, 4) is 5.75 Å². The van der Waals surface area contributed by atoms with Gasteiger partial charge < -0.3 is 14.6 Å². The van der Waals surface area contributed by atoms with E-state index in [1.807, 2.05) is 55.5 Å². The van der Waals surface area contributed by atoms with Gasteiger partial charge in [0.25, 0.3) is 5.91 Å². The third-order valence-electron chi connectivity index (χ3n) is 5.17. The van der Waals surface area contributed by atoms with Gasteiger partial charge in [0, 0.05) is 6.54 Å². The molecule has 0 bridgehead atoms. The van der Waals surface area contributed by atoms with Crippen LogP contribution < -0.4 is 10.1 Å². The summed E-state index contributed by atoms with van der Waals surface area (Å²) in [5.41, 5.74) is 3.59. The predicted molar refractivity (Wildman–Crippen MR) is 124 cm³/mol. The second-order valence-electron chi connectivity index (χ2n) is 7.28. The minimum absolute atomic E-state index is 0.191. The molecule has 3 aromatic carbocycles. The Labute approximate surface area is 182 Å². The SMILES string of the molecule is COc1ccccc1C(=O)NC(C)c1nc2ccccc2n1C/C=C/c1ccccc1. The fraction of sp³-hybridized carbons (Fsp3) is 0.154. The van der Waals surface area contributed by atoms with Crippen LogP contribution in [0, 0.1) is 0 Å². The number of fused-ring (bicyclic) bond motifs is 1. The highest BCUT2D eigenvalue weighted by atomic mass is 16.5. The number of hydrogen-bond acceptors (Lipinski definition) is 3. The Morgan fingerprint density at radius 3 is 2.55 bits per heavy atom. The van der Waals surface area contributed by atoms with Crippen LogP contribution in [0.1, 0.15) is 34.7 Å². The average Bonchev–Trinajstić information content (AvgIpc) is 3.18. The summed E-state index contributed by atoms with van der Waals surface area (Å²) in [6, 6.07) is 25.1. The van der Waals surface area contributed by atoms with Gasteiger partial charge in [0.1, 0.15) is 11.6 Å². The van der Waals surface area contributed by atoms with Crippen LogP contribution in [0.2, 0.25) is 0 Å². The first-order chi connectivity index (χ1) is 15.2. The number of nitrogens with zero attached hydrogens (tertiary/aromatic N) is 2.